The summed E-state index contributed by atoms with van der Waals surface area (Å²) in [5.74, 6) is 0. The Morgan fingerprint density at radius 3 is 2.00 bits per heavy atom. The van der Waals surface area contributed by atoms with Gasteiger partial charge in [-0.1, -0.05) is 58.2 Å². The lowest BCUT2D eigenvalue weighted by Crippen LogP contribution is -1.96. The number of hydrogen-bond acceptors (Lipinski definition) is 3. The van der Waals surface area contributed by atoms with Crippen LogP contribution in [0.15, 0.2) is 12.3 Å². The number of thioether (sulfide) groups is 1. The summed E-state index contributed by atoms with van der Waals surface area (Å²) in [6, 6.07) is 1.87. The highest BCUT2D eigenvalue weighted by molar-refractivity contribution is 8.16. The van der Waals surface area contributed by atoms with E-state index in [9.17, 15) is 0 Å². The number of nitrogens with one attached hydrogen (secondary N) is 1. The molecule has 1 aliphatic heterocycles. The van der Waals surface area contributed by atoms with E-state index >= 15 is 0 Å². The van der Waals surface area contributed by atoms with Gasteiger partial charge in [0.25, 0.3) is 0 Å². The maximum atomic E-state index is 5.40. The van der Waals surface area contributed by atoms with Gasteiger partial charge in [0.05, 0.1) is 0 Å². The van der Waals surface area contributed by atoms with Gasteiger partial charge in [-0.05, 0) is 25.2 Å². The second-order valence-corrected chi connectivity index (χ2v) is 8.06. The van der Waals surface area contributed by atoms with Crippen LogP contribution in [0.4, 0.5) is 0 Å². The zero-order chi connectivity index (χ0) is 11.7. The molecule has 0 aliphatic carbocycles. The number of H-pyrrole nitrogens is 1. The van der Waals surface area contributed by atoms with Crippen molar-refractivity contribution in [3.8, 4) is 0 Å². The van der Waals surface area contributed by atoms with E-state index in [4.69, 9.17) is 58.6 Å². The lowest BCUT2D eigenvalue weighted by atomic mass is 10.5. The van der Waals surface area contributed by atoms with Crippen LogP contribution in [0.25, 0.3) is 0 Å². The van der Waals surface area contributed by atoms with Gasteiger partial charge in [-0.25, -0.2) is 4.98 Å². The molecule has 0 radical (unpaired) electrons. The Bertz CT molecular complexity index is 392. The largest absolute Gasteiger partial charge is 0.335 e. The Kier molecular flexibility index (Phi) is 4.61. The molecule has 0 atom stereocenters. The van der Waals surface area contributed by atoms with Crippen LogP contribution in [0.3, 0.4) is 0 Å². The van der Waals surface area contributed by atoms with Crippen LogP contribution in [0.1, 0.15) is 5.69 Å². The predicted octanol–water partition coefficient (Wildman–Crippen LogP) is 4.44. The SMILES string of the molecule is Cc1ccnc(=S)[nH]1.ClC1(Cl)SC1(Cl)Cl. The molecule has 0 amide bonds. The number of rotatable bonds is 0. The van der Waals surface area contributed by atoms with Crippen LogP contribution in [0.2, 0.25) is 0 Å². The van der Waals surface area contributed by atoms with Crippen molar-refractivity contribution in [3.05, 3.63) is 22.7 Å². The van der Waals surface area contributed by atoms with Crippen LogP contribution >= 0.6 is 70.4 Å². The maximum Gasteiger partial charge on any atom is 0.208 e. The van der Waals surface area contributed by atoms with Crippen molar-refractivity contribution < 1.29 is 0 Å². The Labute approximate surface area is 117 Å². The smallest absolute Gasteiger partial charge is 0.208 e. The van der Waals surface area contributed by atoms with Crippen LogP contribution in [-0.4, -0.2) is 17.3 Å². The van der Waals surface area contributed by atoms with Crippen molar-refractivity contribution in [2.24, 2.45) is 0 Å². The molecule has 1 N–H and O–H groups in total. The van der Waals surface area contributed by atoms with E-state index in [0.717, 1.165) is 17.5 Å². The zero-order valence-corrected chi connectivity index (χ0v) is 12.1. The van der Waals surface area contributed by atoms with Crippen molar-refractivity contribution >= 4 is 70.4 Å². The van der Waals surface area contributed by atoms with Crippen molar-refractivity contribution in [3.63, 3.8) is 0 Å². The first-order valence-corrected chi connectivity index (χ1v) is 6.46. The van der Waals surface area contributed by atoms with E-state index < -0.39 is 7.33 Å². The number of nitrogens with zero attached hydrogens (tertiary/aromatic N) is 1. The molecule has 84 valence electrons. The number of aromatic nitrogens is 2. The second kappa shape index (κ2) is 4.98. The molecule has 1 saturated heterocycles. The lowest BCUT2D eigenvalue weighted by Gasteiger charge is -1.90. The Morgan fingerprint density at radius 1 is 1.33 bits per heavy atom. The van der Waals surface area contributed by atoms with Crippen molar-refractivity contribution in [1.82, 2.24) is 9.97 Å². The molecular weight excluding hydrogens is 318 g/mol. The molecule has 8 heteroatoms. The zero-order valence-electron chi connectivity index (χ0n) is 7.43. The molecule has 1 aliphatic rings. The van der Waals surface area contributed by atoms with Gasteiger partial charge in [-0.2, -0.15) is 0 Å². The van der Waals surface area contributed by atoms with Crippen LogP contribution in [0, 0.1) is 11.7 Å². The quantitative estimate of drug-likeness (QED) is 0.434. The number of aryl methyl sites for hydroxylation is 1. The highest BCUT2D eigenvalue weighted by Gasteiger charge is 2.67. The highest BCUT2D eigenvalue weighted by atomic mass is 35.5. The fraction of sp³-hybridized carbons (Fsp3) is 0.429. The fourth-order valence-corrected chi connectivity index (χ4v) is 2.95. The van der Waals surface area contributed by atoms with E-state index in [-0.39, 0.29) is 0 Å². The first-order valence-electron chi connectivity index (χ1n) is 3.72. The molecule has 0 aromatic carbocycles. The van der Waals surface area contributed by atoms with E-state index in [1.807, 2.05) is 13.0 Å². The van der Waals surface area contributed by atoms with Gasteiger partial charge < -0.3 is 4.98 Å². The Balaban J connectivity index is 0.000000151. The summed E-state index contributed by atoms with van der Waals surface area (Å²) >= 11 is 27.4. The third-order valence-electron chi connectivity index (χ3n) is 1.37. The highest BCUT2D eigenvalue weighted by Crippen LogP contribution is 2.74. The predicted molar refractivity (Wildman–Crippen MR) is 70.6 cm³/mol. The fourth-order valence-electron chi connectivity index (χ4n) is 0.595. The molecule has 0 bridgehead atoms. The molecule has 15 heavy (non-hydrogen) atoms. The molecule has 0 unspecified atom stereocenters. The molecule has 1 aromatic rings. The van der Waals surface area contributed by atoms with Crippen LogP contribution in [0.5, 0.6) is 0 Å². The number of aromatic amines is 1. The molecule has 0 spiro atoms. The average Bonchev–Trinajstić information content (AvgIpc) is 2.47. The van der Waals surface area contributed by atoms with Crippen molar-refractivity contribution in [2.45, 2.75) is 14.3 Å². The van der Waals surface area contributed by atoms with E-state index in [0.29, 0.717) is 4.77 Å². The van der Waals surface area contributed by atoms with E-state index in [1.165, 1.54) is 0 Å². The summed E-state index contributed by atoms with van der Waals surface area (Å²) < 4.78 is -1.38. The van der Waals surface area contributed by atoms with Gasteiger partial charge in [0.2, 0.25) is 7.33 Å². The van der Waals surface area contributed by atoms with Crippen molar-refractivity contribution in [1.29, 1.82) is 0 Å². The molecule has 1 fully saturated rings. The number of halogens is 4. The first-order chi connectivity index (χ1) is 6.74. The van der Waals surface area contributed by atoms with Gasteiger partial charge in [-0.3, -0.25) is 0 Å². The number of hydrogen-bond donors (Lipinski definition) is 1. The second-order valence-electron chi connectivity index (χ2n) is 2.69. The van der Waals surface area contributed by atoms with Gasteiger partial charge in [0.1, 0.15) is 0 Å². The third-order valence-corrected chi connectivity index (χ3v) is 5.40. The van der Waals surface area contributed by atoms with E-state index in [2.05, 4.69) is 9.97 Å². The summed E-state index contributed by atoms with van der Waals surface area (Å²) in [5, 5.41) is 0. The Morgan fingerprint density at radius 2 is 1.80 bits per heavy atom. The minimum atomic E-state index is -0.962. The molecule has 1 aromatic heterocycles. The van der Waals surface area contributed by atoms with Crippen LogP contribution in [-0.2, 0) is 0 Å². The minimum Gasteiger partial charge on any atom is -0.335 e. The molecule has 2 nitrogen and oxygen atoms in total. The van der Waals surface area contributed by atoms with E-state index in [1.54, 1.807) is 6.20 Å². The molecular formula is C7H6Cl4N2S2. The summed E-state index contributed by atoms with van der Waals surface area (Å²) in [7, 11) is 0. The molecule has 2 heterocycles. The summed E-state index contributed by atoms with van der Waals surface area (Å²) in [6.07, 6.45) is 1.69. The number of alkyl halides is 4. The topological polar surface area (TPSA) is 28.7 Å². The van der Waals surface area contributed by atoms with Crippen molar-refractivity contribution in [2.75, 3.05) is 0 Å². The normalized spacial score (nSPS) is 20.1. The van der Waals surface area contributed by atoms with Crippen LogP contribution < -0.4 is 0 Å². The average molecular weight is 324 g/mol. The summed E-state index contributed by atoms with van der Waals surface area (Å²) in [6.45, 7) is 1.94. The van der Waals surface area contributed by atoms with Gasteiger partial charge in [0, 0.05) is 11.9 Å². The lowest BCUT2D eigenvalue weighted by molar-refractivity contribution is 1.07. The third kappa shape index (κ3) is 4.29. The van der Waals surface area contributed by atoms with Gasteiger partial charge in [-0.15, -0.1) is 0 Å². The van der Waals surface area contributed by atoms with Gasteiger partial charge >= 0.3 is 0 Å². The van der Waals surface area contributed by atoms with Gasteiger partial charge in [0.15, 0.2) is 4.77 Å². The maximum absolute atomic E-state index is 5.40. The first kappa shape index (κ1) is 13.9. The molecule has 0 saturated carbocycles. The standard InChI is InChI=1S/C5H6N2S.C2Cl4S/c1-4-2-3-6-5(8)7-4;3-1(4)2(5,6)7-1/h2-3H,1H3,(H,6,7,8);. The molecule has 2 rings (SSSR count). The monoisotopic (exact) mass is 322 g/mol. The minimum absolute atomic E-state index is 0.546. The Hall–Kier alpha value is 0.810. The summed E-state index contributed by atoms with van der Waals surface area (Å²) in [5.41, 5.74) is 1.05. The summed E-state index contributed by atoms with van der Waals surface area (Å²) in [4.78, 5) is 6.67.